The summed E-state index contributed by atoms with van der Waals surface area (Å²) in [6, 6.07) is 7.85. The van der Waals surface area contributed by atoms with Crippen LogP contribution in [0, 0.1) is 6.92 Å². The molecule has 1 aromatic rings. The summed E-state index contributed by atoms with van der Waals surface area (Å²) < 4.78 is 0. The van der Waals surface area contributed by atoms with Crippen LogP contribution in [-0.2, 0) is 4.79 Å². The first-order valence-electron chi connectivity index (χ1n) is 5.35. The lowest BCUT2D eigenvalue weighted by Gasteiger charge is -2.10. The molecule has 3 heteroatoms. The molecule has 0 saturated heterocycles. The number of carbonyl (C=O) groups is 1. The Hall–Kier alpha value is -1.61. The fraction of sp³-hybridized carbons (Fsp3) is 0.308. The normalized spacial score (nSPS) is 11.9. The van der Waals surface area contributed by atoms with E-state index in [0.29, 0.717) is 6.54 Å². The molecule has 1 atom stereocenters. The van der Waals surface area contributed by atoms with Gasteiger partial charge in [-0.25, -0.2) is 0 Å². The Morgan fingerprint density at radius 2 is 2.19 bits per heavy atom. The number of nitrogens with one attached hydrogen (secondary N) is 2. The number of rotatable bonds is 5. The van der Waals surface area contributed by atoms with Crippen LogP contribution < -0.4 is 10.6 Å². The maximum Gasteiger partial charge on any atom is 0.238 e. The minimum absolute atomic E-state index is 0.0389. The summed E-state index contributed by atoms with van der Waals surface area (Å²) in [6.45, 7) is 7.86. The molecule has 16 heavy (non-hydrogen) atoms. The lowest BCUT2D eigenvalue weighted by molar-refractivity contribution is -0.115. The molecule has 1 amide bonds. The highest BCUT2D eigenvalue weighted by atomic mass is 16.1. The molecule has 0 radical (unpaired) electrons. The van der Waals surface area contributed by atoms with E-state index in [1.54, 1.807) is 6.08 Å². The summed E-state index contributed by atoms with van der Waals surface area (Å²) in [5.41, 5.74) is 1.92. The van der Waals surface area contributed by atoms with E-state index >= 15 is 0 Å². The maximum absolute atomic E-state index is 11.6. The van der Waals surface area contributed by atoms with Crippen molar-refractivity contribution in [1.82, 2.24) is 5.32 Å². The van der Waals surface area contributed by atoms with E-state index in [4.69, 9.17) is 0 Å². The van der Waals surface area contributed by atoms with E-state index < -0.39 is 0 Å². The number of hydrogen-bond donors (Lipinski definition) is 2. The Balaban J connectivity index is 2.46. The van der Waals surface area contributed by atoms with E-state index in [1.165, 1.54) is 0 Å². The van der Waals surface area contributed by atoms with Gasteiger partial charge in [0.25, 0.3) is 0 Å². The Morgan fingerprint density at radius 3 is 2.81 bits per heavy atom. The topological polar surface area (TPSA) is 41.1 Å². The monoisotopic (exact) mass is 218 g/mol. The van der Waals surface area contributed by atoms with Gasteiger partial charge in [0.1, 0.15) is 0 Å². The van der Waals surface area contributed by atoms with Crippen LogP contribution in [0.3, 0.4) is 0 Å². The third kappa shape index (κ3) is 3.87. The van der Waals surface area contributed by atoms with Gasteiger partial charge in [-0.1, -0.05) is 24.3 Å². The van der Waals surface area contributed by atoms with Crippen LogP contribution in [0.15, 0.2) is 36.9 Å². The number of anilines is 1. The minimum Gasteiger partial charge on any atom is -0.325 e. The predicted molar refractivity (Wildman–Crippen MR) is 67.5 cm³/mol. The van der Waals surface area contributed by atoms with Crippen LogP contribution in [0.25, 0.3) is 0 Å². The summed E-state index contributed by atoms with van der Waals surface area (Å²) in [6.07, 6.45) is 1.76. The van der Waals surface area contributed by atoms with Crippen molar-refractivity contribution in [1.29, 1.82) is 0 Å². The lowest BCUT2D eigenvalue weighted by Crippen LogP contribution is -2.33. The molecule has 0 bridgehead atoms. The van der Waals surface area contributed by atoms with Crippen LogP contribution in [0.1, 0.15) is 12.5 Å². The van der Waals surface area contributed by atoms with Crippen LogP contribution in [-0.4, -0.2) is 18.5 Å². The molecule has 86 valence electrons. The van der Waals surface area contributed by atoms with Gasteiger partial charge in [0, 0.05) is 11.7 Å². The van der Waals surface area contributed by atoms with Crippen molar-refractivity contribution in [3.05, 3.63) is 42.5 Å². The molecule has 0 spiro atoms. The first kappa shape index (κ1) is 12.5. The summed E-state index contributed by atoms with van der Waals surface area (Å²) in [5.74, 6) is -0.0389. The summed E-state index contributed by atoms with van der Waals surface area (Å²) >= 11 is 0. The van der Waals surface area contributed by atoms with Crippen molar-refractivity contribution >= 4 is 11.6 Å². The Kier molecular flexibility index (Phi) is 4.73. The zero-order valence-corrected chi connectivity index (χ0v) is 9.79. The standard InChI is InChI=1S/C13H18N2O/c1-4-11(3)14-9-13(16)15-12-8-6-5-7-10(12)2/h4-8,11,14H,1,9H2,2-3H3,(H,15,16). The molecule has 2 N–H and O–H groups in total. The van der Waals surface area contributed by atoms with Gasteiger partial charge < -0.3 is 10.6 Å². The molecule has 1 unspecified atom stereocenters. The largest absolute Gasteiger partial charge is 0.325 e. The third-order valence-electron chi connectivity index (χ3n) is 2.36. The van der Waals surface area contributed by atoms with Crippen molar-refractivity contribution in [2.45, 2.75) is 19.9 Å². The molecular weight excluding hydrogens is 200 g/mol. The molecule has 0 fully saturated rings. The zero-order valence-electron chi connectivity index (χ0n) is 9.79. The highest BCUT2D eigenvalue weighted by Gasteiger charge is 2.04. The van der Waals surface area contributed by atoms with Crippen LogP contribution in [0.5, 0.6) is 0 Å². The average molecular weight is 218 g/mol. The van der Waals surface area contributed by atoms with Crippen molar-refractivity contribution in [3.8, 4) is 0 Å². The summed E-state index contributed by atoms with van der Waals surface area (Å²) in [7, 11) is 0. The van der Waals surface area contributed by atoms with Crippen molar-refractivity contribution in [2.24, 2.45) is 0 Å². The zero-order chi connectivity index (χ0) is 12.0. The second-order valence-electron chi connectivity index (χ2n) is 3.77. The molecule has 0 heterocycles. The third-order valence-corrected chi connectivity index (χ3v) is 2.36. The number of para-hydroxylation sites is 1. The molecule has 0 aliphatic rings. The Bertz CT molecular complexity index is 374. The van der Waals surface area contributed by atoms with Gasteiger partial charge in [0.2, 0.25) is 5.91 Å². The van der Waals surface area contributed by atoms with Gasteiger partial charge >= 0.3 is 0 Å². The van der Waals surface area contributed by atoms with E-state index in [0.717, 1.165) is 11.3 Å². The van der Waals surface area contributed by atoms with E-state index in [2.05, 4.69) is 17.2 Å². The first-order valence-corrected chi connectivity index (χ1v) is 5.35. The molecule has 0 aromatic heterocycles. The fourth-order valence-electron chi connectivity index (χ4n) is 1.24. The highest BCUT2D eigenvalue weighted by Crippen LogP contribution is 2.12. The van der Waals surface area contributed by atoms with Gasteiger partial charge in [-0.3, -0.25) is 4.79 Å². The molecular formula is C13H18N2O. The van der Waals surface area contributed by atoms with Crippen LogP contribution >= 0.6 is 0 Å². The smallest absolute Gasteiger partial charge is 0.238 e. The van der Waals surface area contributed by atoms with Crippen molar-refractivity contribution in [2.75, 3.05) is 11.9 Å². The van der Waals surface area contributed by atoms with E-state index in [1.807, 2.05) is 38.1 Å². The summed E-state index contributed by atoms with van der Waals surface area (Å²) in [4.78, 5) is 11.6. The minimum atomic E-state index is -0.0389. The Morgan fingerprint density at radius 1 is 1.50 bits per heavy atom. The summed E-state index contributed by atoms with van der Waals surface area (Å²) in [5, 5.41) is 5.90. The average Bonchev–Trinajstić information content (AvgIpc) is 2.29. The molecule has 0 aliphatic carbocycles. The van der Waals surface area contributed by atoms with Gasteiger partial charge in [0.05, 0.1) is 6.54 Å². The SMILES string of the molecule is C=CC(C)NCC(=O)Nc1ccccc1C. The van der Waals surface area contributed by atoms with E-state index in [-0.39, 0.29) is 11.9 Å². The number of aryl methyl sites for hydroxylation is 1. The first-order chi connectivity index (χ1) is 7.63. The van der Waals surface area contributed by atoms with Crippen molar-refractivity contribution in [3.63, 3.8) is 0 Å². The molecule has 0 aliphatic heterocycles. The maximum atomic E-state index is 11.6. The molecule has 1 aromatic carbocycles. The van der Waals surface area contributed by atoms with Gasteiger partial charge in [-0.2, -0.15) is 0 Å². The number of benzene rings is 1. The van der Waals surface area contributed by atoms with Gasteiger partial charge in [-0.15, -0.1) is 6.58 Å². The van der Waals surface area contributed by atoms with Crippen LogP contribution in [0.4, 0.5) is 5.69 Å². The fourth-order valence-corrected chi connectivity index (χ4v) is 1.24. The molecule has 1 rings (SSSR count). The van der Waals surface area contributed by atoms with E-state index in [9.17, 15) is 4.79 Å². The lowest BCUT2D eigenvalue weighted by atomic mass is 10.2. The van der Waals surface area contributed by atoms with Gasteiger partial charge in [0.15, 0.2) is 0 Å². The molecule has 0 saturated carbocycles. The number of hydrogen-bond acceptors (Lipinski definition) is 2. The quantitative estimate of drug-likeness (QED) is 0.743. The van der Waals surface area contributed by atoms with Gasteiger partial charge in [-0.05, 0) is 25.5 Å². The number of amides is 1. The van der Waals surface area contributed by atoms with Crippen molar-refractivity contribution < 1.29 is 4.79 Å². The Labute approximate surface area is 96.6 Å². The second-order valence-corrected chi connectivity index (χ2v) is 3.77. The second kappa shape index (κ2) is 6.08. The van der Waals surface area contributed by atoms with Crippen LogP contribution in [0.2, 0.25) is 0 Å². The predicted octanol–water partition coefficient (Wildman–Crippen LogP) is 2.10. The number of carbonyl (C=O) groups excluding carboxylic acids is 1. The highest BCUT2D eigenvalue weighted by molar-refractivity contribution is 5.92. The molecule has 3 nitrogen and oxygen atoms in total.